The zero-order chi connectivity index (χ0) is 19.3. The van der Waals surface area contributed by atoms with Crippen molar-refractivity contribution in [3.8, 4) is 0 Å². The summed E-state index contributed by atoms with van der Waals surface area (Å²) in [4.78, 5) is 26.9. The van der Waals surface area contributed by atoms with Crippen molar-refractivity contribution in [2.45, 2.75) is 51.4 Å². The minimum absolute atomic E-state index is 0.0576. The number of nitrogens with one attached hydrogen (secondary N) is 1. The molecule has 1 spiro atoms. The topological polar surface area (TPSA) is 61.9 Å². The average molecular weight is 377 g/mol. The molecule has 0 aromatic rings. The van der Waals surface area contributed by atoms with Crippen LogP contribution in [0.1, 0.15) is 33.6 Å². The van der Waals surface area contributed by atoms with Crippen LogP contribution in [0.3, 0.4) is 0 Å². The molecule has 1 aliphatic carbocycles. The van der Waals surface area contributed by atoms with Gasteiger partial charge < -0.3 is 14.5 Å². The molecule has 6 nitrogen and oxygen atoms in total. The van der Waals surface area contributed by atoms with E-state index >= 15 is 0 Å². The quantitative estimate of drug-likeness (QED) is 0.800. The van der Waals surface area contributed by atoms with E-state index in [1.54, 1.807) is 4.90 Å². The van der Waals surface area contributed by atoms with Crippen LogP contribution in [-0.2, 0) is 9.53 Å². The molecule has 26 heavy (non-hydrogen) atoms. The van der Waals surface area contributed by atoms with Crippen molar-refractivity contribution in [1.82, 2.24) is 15.1 Å². The Morgan fingerprint density at radius 1 is 1.27 bits per heavy atom. The Bertz CT molecular complexity index is 574. The second-order valence-electron chi connectivity index (χ2n) is 8.88. The van der Waals surface area contributed by atoms with Crippen molar-refractivity contribution in [2.24, 2.45) is 11.3 Å². The molecule has 1 unspecified atom stereocenters. The molecule has 1 atom stereocenters. The fraction of sp³-hybridized carbons (Fsp3) is 0.882. The summed E-state index contributed by atoms with van der Waals surface area (Å²) in [6, 6.07) is -1.65. The zero-order valence-corrected chi connectivity index (χ0v) is 15.4. The van der Waals surface area contributed by atoms with Gasteiger partial charge in [0.2, 0.25) is 5.91 Å². The Labute approximate surface area is 151 Å². The van der Waals surface area contributed by atoms with E-state index in [4.69, 9.17) is 4.74 Å². The third kappa shape index (κ3) is 4.07. The number of ether oxygens (including phenoxy) is 1. The molecule has 1 N–H and O–H groups in total. The van der Waals surface area contributed by atoms with Crippen molar-refractivity contribution in [3.05, 3.63) is 0 Å². The molecule has 0 aromatic heterocycles. The monoisotopic (exact) mass is 377 g/mol. The number of hydrogen-bond donors (Lipinski definition) is 1. The first-order valence-corrected chi connectivity index (χ1v) is 8.93. The van der Waals surface area contributed by atoms with Gasteiger partial charge in [-0.3, -0.25) is 10.1 Å². The first kappa shape index (κ1) is 19.3. The highest BCUT2D eigenvalue weighted by atomic mass is 19.4. The maximum absolute atomic E-state index is 12.8. The van der Waals surface area contributed by atoms with Gasteiger partial charge in [-0.2, -0.15) is 13.2 Å². The minimum Gasteiger partial charge on any atom is -0.444 e. The van der Waals surface area contributed by atoms with Gasteiger partial charge in [0, 0.05) is 31.6 Å². The predicted molar refractivity (Wildman–Crippen MR) is 87.4 cm³/mol. The fourth-order valence-corrected chi connectivity index (χ4v) is 4.19. The highest BCUT2D eigenvalue weighted by Gasteiger charge is 2.55. The molecule has 0 radical (unpaired) electrons. The van der Waals surface area contributed by atoms with E-state index in [9.17, 15) is 22.8 Å². The summed E-state index contributed by atoms with van der Waals surface area (Å²) >= 11 is 0. The van der Waals surface area contributed by atoms with Gasteiger partial charge in [0.25, 0.3) is 0 Å². The molecule has 0 bridgehead atoms. The number of alkyl halides is 3. The van der Waals surface area contributed by atoms with Crippen LogP contribution < -0.4 is 5.32 Å². The van der Waals surface area contributed by atoms with E-state index in [0.29, 0.717) is 19.6 Å². The van der Waals surface area contributed by atoms with Crippen LogP contribution >= 0.6 is 0 Å². The van der Waals surface area contributed by atoms with E-state index in [-0.39, 0.29) is 36.4 Å². The van der Waals surface area contributed by atoms with Gasteiger partial charge in [-0.15, -0.1) is 0 Å². The lowest BCUT2D eigenvalue weighted by atomic mass is 9.57. The van der Waals surface area contributed by atoms with E-state index < -0.39 is 17.8 Å². The standard InChI is InChI=1S/C17H26F3N3O3/c1-15(2,3)26-14(25)23-9-16(10-23)4-11(5-16)7-22-8-12(17(18,19)20)21-6-13(22)24/h11-12,21H,4-10H2,1-3H3. The molecule has 9 heteroatoms. The number of likely N-dealkylation sites (tertiary alicyclic amines) is 1. The molecule has 3 fully saturated rings. The molecular weight excluding hydrogens is 351 g/mol. The summed E-state index contributed by atoms with van der Waals surface area (Å²) in [5, 5.41) is 2.25. The van der Waals surface area contributed by atoms with Crippen molar-refractivity contribution < 1.29 is 27.5 Å². The van der Waals surface area contributed by atoms with Crippen LogP contribution in [0.15, 0.2) is 0 Å². The van der Waals surface area contributed by atoms with Crippen molar-refractivity contribution in [3.63, 3.8) is 0 Å². The number of piperazine rings is 1. The molecular formula is C17H26F3N3O3. The Morgan fingerprint density at radius 2 is 1.88 bits per heavy atom. The molecule has 2 amide bonds. The van der Waals surface area contributed by atoms with Gasteiger partial charge in [-0.25, -0.2) is 4.79 Å². The number of amides is 2. The summed E-state index contributed by atoms with van der Waals surface area (Å²) in [6.07, 6.45) is -3.00. The number of rotatable bonds is 2. The SMILES string of the molecule is CC(C)(C)OC(=O)N1CC2(CC(CN3CC(C(F)(F)F)NCC3=O)C2)C1. The average Bonchev–Trinajstić information content (AvgIpc) is 2.38. The van der Waals surface area contributed by atoms with Crippen LogP contribution in [0.2, 0.25) is 0 Å². The van der Waals surface area contributed by atoms with Crippen LogP contribution in [0.25, 0.3) is 0 Å². The lowest BCUT2D eigenvalue weighted by molar-refractivity contribution is -0.173. The summed E-state index contributed by atoms with van der Waals surface area (Å²) in [6.45, 7) is 6.47. The summed E-state index contributed by atoms with van der Waals surface area (Å²) in [5.41, 5.74) is -0.470. The van der Waals surface area contributed by atoms with Crippen LogP contribution in [0, 0.1) is 11.3 Å². The molecule has 2 heterocycles. The zero-order valence-electron chi connectivity index (χ0n) is 15.4. The van der Waals surface area contributed by atoms with Crippen LogP contribution in [0.5, 0.6) is 0 Å². The fourth-order valence-electron chi connectivity index (χ4n) is 4.19. The van der Waals surface area contributed by atoms with Gasteiger partial charge in [-0.05, 0) is 39.5 Å². The molecule has 2 aliphatic heterocycles. The molecule has 3 aliphatic rings. The highest BCUT2D eigenvalue weighted by molar-refractivity contribution is 5.79. The van der Waals surface area contributed by atoms with Gasteiger partial charge in [0.15, 0.2) is 0 Å². The molecule has 3 rings (SSSR count). The molecule has 148 valence electrons. The lowest BCUT2D eigenvalue weighted by Crippen LogP contribution is -2.66. The van der Waals surface area contributed by atoms with Gasteiger partial charge >= 0.3 is 12.3 Å². The Kier molecular flexibility index (Phi) is 4.65. The Morgan fingerprint density at radius 3 is 2.42 bits per heavy atom. The predicted octanol–water partition coefficient (Wildman–Crippen LogP) is 2.00. The summed E-state index contributed by atoms with van der Waals surface area (Å²) in [5.74, 6) is -0.0813. The first-order chi connectivity index (χ1) is 11.9. The Hall–Kier alpha value is -1.51. The van der Waals surface area contributed by atoms with Gasteiger partial charge in [-0.1, -0.05) is 0 Å². The number of carbonyl (C=O) groups excluding carboxylic acids is 2. The number of hydrogen-bond acceptors (Lipinski definition) is 4. The van der Waals surface area contributed by atoms with Crippen molar-refractivity contribution >= 4 is 12.0 Å². The first-order valence-electron chi connectivity index (χ1n) is 8.93. The third-order valence-electron chi connectivity index (χ3n) is 5.28. The second-order valence-corrected chi connectivity index (χ2v) is 8.88. The minimum atomic E-state index is -4.35. The van der Waals surface area contributed by atoms with Crippen molar-refractivity contribution in [2.75, 3.05) is 32.7 Å². The summed E-state index contributed by atoms with van der Waals surface area (Å²) < 4.78 is 43.9. The van der Waals surface area contributed by atoms with E-state index in [1.807, 2.05) is 20.8 Å². The molecule has 1 saturated carbocycles. The van der Waals surface area contributed by atoms with Crippen LogP contribution in [0.4, 0.5) is 18.0 Å². The van der Waals surface area contributed by atoms with E-state index in [1.165, 1.54) is 4.90 Å². The molecule has 2 saturated heterocycles. The highest BCUT2D eigenvalue weighted by Crippen LogP contribution is 2.52. The van der Waals surface area contributed by atoms with Crippen LogP contribution in [-0.4, -0.2) is 72.3 Å². The van der Waals surface area contributed by atoms with Gasteiger partial charge in [0.05, 0.1) is 6.54 Å². The number of carbonyl (C=O) groups is 2. The largest absolute Gasteiger partial charge is 0.444 e. The lowest BCUT2D eigenvalue weighted by Gasteiger charge is -2.59. The maximum Gasteiger partial charge on any atom is 0.410 e. The third-order valence-corrected chi connectivity index (χ3v) is 5.28. The van der Waals surface area contributed by atoms with E-state index in [2.05, 4.69) is 5.32 Å². The van der Waals surface area contributed by atoms with E-state index in [0.717, 1.165) is 12.8 Å². The smallest absolute Gasteiger partial charge is 0.410 e. The number of nitrogens with zero attached hydrogens (tertiary/aromatic N) is 2. The maximum atomic E-state index is 12.8. The van der Waals surface area contributed by atoms with Crippen molar-refractivity contribution in [1.29, 1.82) is 0 Å². The van der Waals surface area contributed by atoms with Gasteiger partial charge in [0.1, 0.15) is 11.6 Å². The second kappa shape index (κ2) is 6.28. The normalized spacial score (nSPS) is 26.5. The summed E-state index contributed by atoms with van der Waals surface area (Å²) in [7, 11) is 0. The number of halogens is 3. The molecule has 0 aromatic carbocycles. The Balaban J connectivity index is 1.43.